The Balaban J connectivity index is 1.41. The first-order valence-corrected chi connectivity index (χ1v) is 10.3. The largest absolute Gasteiger partial charge is 0.467 e. The van der Waals surface area contributed by atoms with Gasteiger partial charge in [-0.25, -0.2) is 4.39 Å². The Kier molecular flexibility index (Phi) is 6.54. The molecule has 0 bridgehead atoms. The fraction of sp³-hybridized carbons (Fsp3) is 0.333. The molecule has 4 rings (SSSR count). The molecule has 30 heavy (non-hydrogen) atoms. The van der Waals surface area contributed by atoms with E-state index in [9.17, 15) is 9.18 Å². The van der Waals surface area contributed by atoms with E-state index in [-0.39, 0.29) is 24.2 Å². The minimum Gasteiger partial charge on any atom is -0.467 e. The van der Waals surface area contributed by atoms with Crippen LogP contribution < -0.4 is 0 Å². The molecular formula is C24H26FN3O2. The zero-order chi connectivity index (χ0) is 20.8. The summed E-state index contributed by atoms with van der Waals surface area (Å²) in [6.45, 7) is 3.23. The zero-order valence-electron chi connectivity index (χ0n) is 16.9. The van der Waals surface area contributed by atoms with Gasteiger partial charge in [0.2, 0.25) is 5.91 Å². The lowest BCUT2D eigenvalue weighted by atomic mass is 10.0. The molecule has 0 atom stereocenters. The molecule has 1 fully saturated rings. The summed E-state index contributed by atoms with van der Waals surface area (Å²) in [5.74, 6) is 0.535. The van der Waals surface area contributed by atoms with E-state index in [1.807, 2.05) is 41.6 Å². The molecule has 0 spiro atoms. The third-order valence-corrected chi connectivity index (χ3v) is 5.65. The molecule has 1 amide bonds. The summed E-state index contributed by atoms with van der Waals surface area (Å²) < 4.78 is 18.7. The summed E-state index contributed by atoms with van der Waals surface area (Å²) >= 11 is 0. The van der Waals surface area contributed by atoms with Gasteiger partial charge in [-0.3, -0.25) is 14.7 Å². The number of hydrogen-bond donors (Lipinski definition) is 0. The highest BCUT2D eigenvalue weighted by molar-refractivity contribution is 5.79. The van der Waals surface area contributed by atoms with Gasteiger partial charge in [0, 0.05) is 38.1 Å². The van der Waals surface area contributed by atoms with Crippen molar-refractivity contribution in [2.45, 2.75) is 38.4 Å². The van der Waals surface area contributed by atoms with Crippen molar-refractivity contribution in [1.82, 2.24) is 14.8 Å². The van der Waals surface area contributed by atoms with Gasteiger partial charge in [-0.05, 0) is 60.4 Å². The molecule has 1 aromatic carbocycles. The molecular weight excluding hydrogens is 381 g/mol. The highest BCUT2D eigenvalue weighted by Gasteiger charge is 2.28. The van der Waals surface area contributed by atoms with Crippen molar-refractivity contribution in [2.75, 3.05) is 13.1 Å². The Bertz CT molecular complexity index is 921. The second-order valence-electron chi connectivity index (χ2n) is 7.77. The minimum absolute atomic E-state index is 0.0468. The van der Waals surface area contributed by atoms with E-state index in [0.717, 1.165) is 43.8 Å². The lowest BCUT2D eigenvalue weighted by molar-refractivity contribution is -0.135. The maximum atomic E-state index is 13.2. The first-order chi connectivity index (χ1) is 14.7. The van der Waals surface area contributed by atoms with Gasteiger partial charge in [0.25, 0.3) is 0 Å². The van der Waals surface area contributed by atoms with Crippen LogP contribution in [0.15, 0.2) is 71.6 Å². The Morgan fingerprint density at radius 3 is 2.47 bits per heavy atom. The topological polar surface area (TPSA) is 49.6 Å². The van der Waals surface area contributed by atoms with Crippen LogP contribution in [0.5, 0.6) is 0 Å². The number of benzene rings is 1. The third-order valence-electron chi connectivity index (χ3n) is 5.65. The Hall–Kier alpha value is -2.99. The van der Waals surface area contributed by atoms with E-state index >= 15 is 0 Å². The number of carbonyl (C=O) groups excluding carboxylic acids is 1. The monoisotopic (exact) mass is 407 g/mol. The van der Waals surface area contributed by atoms with Gasteiger partial charge in [0.05, 0.1) is 19.2 Å². The van der Waals surface area contributed by atoms with Crippen LogP contribution in [-0.4, -0.2) is 39.8 Å². The molecule has 0 unspecified atom stereocenters. The summed E-state index contributed by atoms with van der Waals surface area (Å²) in [7, 11) is 0. The van der Waals surface area contributed by atoms with Crippen molar-refractivity contribution in [3.05, 3.63) is 89.9 Å². The first-order valence-electron chi connectivity index (χ1n) is 10.3. The average Bonchev–Trinajstić information content (AvgIpc) is 3.28. The molecule has 0 aliphatic carbocycles. The van der Waals surface area contributed by atoms with E-state index in [1.54, 1.807) is 18.4 Å². The second-order valence-corrected chi connectivity index (χ2v) is 7.77. The number of aromatic nitrogens is 1. The fourth-order valence-corrected chi connectivity index (χ4v) is 4.01. The number of piperidine rings is 1. The number of rotatable bonds is 7. The maximum Gasteiger partial charge on any atom is 0.227 e. The normalized spacial score (nSPS) is 15.2. The average molecular weight is 407 g/mol. The smallest absolute Gasteiger partial charge is 0.227 e. The molecule has 1 aliphatic heterocycles. The molecule has 156 valence electrons. The van der Waals surface area contributed by atoms with Crippen LogP contribution in [0.3, 0.4) is 0 Å². The number of hydrogen-bond acceptors (Lipinski definition) is 4. The molecule has 1 aliphatic rings. The van der Waals surface area contributed by atoms with Gasteiger partial charge in [-0.1, -0.05) is 12.1 Å². The van der Waals surface area contributed by atoms with E-state index in [2.05, 4.69) is 9.88 Å². The molecule has 0 saturated carbocycles. The number of pyridine rings is 1. The molecule has 2 aromatic heterocycles. The molecule has 3 aromatic rings. The summed E-state index contributed by atoms with van der Waals surface area (Å²) in [4.78, 5) is 21.6. The lowest BCUT2D eigenvalue weighted by Gasteiger charge is -2.38. The van der Waals surface area contributed by atoms with Crippen molar-refractivity contribution < 1.29 is 13.6 Å². The van der Waals surface area contributed by atoms with Gasteiger partial charge in [-0.15, -0.1) is 0 Å². The van der Waals surface area contributed by atoms with Crippen molar-refractivity contribution in [3.63, 3.8) is 0 Å². The first kappa shape index (κ1) is 20.3. The van der Waals surface area contributed by atoms with E-state index < -0.39 is 0 Å². The lowest BCUT2D eigenvalue weighted by Crippen LogP contribution is -2.47. The molecule has 0 N–H and O–H groups in total. The highest BCUT2D eigenvalue weighted by Crippen LogP contribution is 2.22. The minimum atomic E-state index is -0.291. The molecule has 3 heterocycles. The second kappa shape index (κ2) is 9.67. The van der Waals surface area contributed by atoms with Gasteiger partial charge in [0.1, 0.15) is 11.6 Å². The number of carbonyl (C=O) groups is 1. The summed E-state index contributed by atoms with van der Waals surface area (Å²) in [5, 5.41) is 0. The Labute approximate surface area is 176 Å². The van der Waals surface area contributed by atoms with Gasteiger partial charge >= 0.3 is 0 Å². The van der Waals surface area contributed by atoms with Crippen LogP contribution in [0.4, 0.5) is 4.39 Å². The molecule has 5 nitrogen and oxygen atoms in total. The van der Waals surface area contributed by atoms with Gasteiger partial charge in [-0.2, -0.15) is 0 Å². The van der Waals surface area contributed by atoms with E-state index in [1.165, 1.54) is 17.7 Å². The number of nitrogens with zero attached hydrogens (tertiary/aromatic N) is 3. The zero-order valence-corrected chi connectivity index (χ0v) is 16.9. The predicted molar refractivity (Wildman–Crippen MR) is 112 cm³/mol. The SMILES string of the molecule is O=C(Cc1ccc(F)cc1)N(Cc1ccco1)C1CCN(Cc2ccncc2)CC1. The molecule has 0 radical (unpaired) electrons. The standard InChI is InChI=1S/C24H26FN3O2/c25-21-5-3-19(4-6-21)16-24(29)28(18-23-2-1-15-30-23)22-9-13-27(14-10-22)17-20-7-11-26-12-8-20/h1-8,11-12,15,22H,9-10,13-14,16-18H2. The van der Waals surface area contributed by atoms with Crippen LogP contribution >= 0.6 is 0 Å². The van der Waals surface area contributed by atoms with Gasteiger partial charge < -0.3 is 9.32 Å². The van der Waals surface area contributed by atoms with Crippen molar-refractivity contribution in [1.29, 1.82) is 0 Å². The van der Waals surface area contributed by atoms with Crippen molar-refractivity contribution >= 4 is 5.91 Å². The molecule has 6 heteroatoms. The van der Waals surface area contributed by atoms with Crippen LogP contribution in [0.2, 0.25) is 0 Å². The molecule has 1 saturated heterocycles. The van der Waals surface area contributed by atoms with Crippen LogP contribution in [0.1, 0.15) is 29.7 Å². The van der Waals surface area contributed by atoms with E-state index in [0.29, 0.717) is 6.54 Å². The summed E-state index contributed by atoms with van der Waals surface area (Å²) in [6, 6.07) is 14.1. The van der Waals surface area contributed by atoms with Gasteiger partial charge in [0.15, 0.2) is 0 Å². The Morgan fingerprint density at radius 2 is 1.80 bits per heavy atom. The van der Waals surface area contributed by atoms with Crippen LogP contribution in [0.25, 0.3) is 0 Å². The highest BCUT2D eigenvalue weighted by atomic mass is 19.1. The van der Waals surface area contributed by atoms with Crippen LogP contribution in [-0.2, 0) is 24.3 Å². The maximum absolute atomic E-state index is 13.2. The summed E-state index contributed by atoms with van der Waals surface area (Å²) in [6.07, 6.45) is 7.37. The number of amides is 1. The third kappa shape index (κ3) is 5.33. The van der Waals surface area contributed by atoms with E-state index in [4.69, 9.17) is 4.42 Å². The number of halogens is 1. The number of furan rings is 1. The Morgan fingerprint density at radius 1 is 1.07 bits per heavy atom. The quantitative estimate of drug-likeness (QED) is 0.593. The fourth-order valence-electron chi connectivity index (χ4n) is 4.01. The van der Waals surface area contributed by atoms with Crippen LogP contribution in [0, 0.1) is 5.82 Å². The number of likely N-dealkylation sites (tertiary alicyclic amines) is 1. The predicted octanol–water partition coefficient (Wildman–Crippen LogP) is 4.05. The summed E-state index contributed by atoms with van der Waals surface area (Å²) in [5.41, 5.74) is 2.07. The van der Waals surface area contributed by atoms with Crippen molar-refractivity contribution in [3.8, 4) is 0 Å². The van der Waals surface area contributed by atoms with Crippen molar-refractivity contribution in [2.24, 2.45) is 0 Å².